The first-order valence-corrected chi connectivity index (χ1v) is 4.09. The van der Waals surface area contributed by atoms with Crippen LogP contribution in [-0.2, 0) is 6.42 Å². The van der Waals surface area contributed by atoms with Gasteiger partial charge in [0.1, 0.15) is 0 Å². The van der Waals surface area contributed by atoms with Crippen LogP contribution in [0.4, 0.5) is 0 Å². The SMILES string of the molecule is CCc1cc(-c2nn[nH]n2)ccn1. The Balaban J connectivity index is 2.41. The van der Waals surface area contributed by atoms with Crippen LogP contribution in [0.25, 0.3) is 11.4 Å². The van der Waals surface area contributed by atoms with E-state index < -0.39 is 0 Å². The number of tetrazole rings is 1. The van der Waals surface area contributed by atoms with E-state index in [9.17, 15) is 0 Å². The molecule has 0 fully saturated rings. The number of rotatable bonds is 2. The Morgan fingerprint density at radius 2 is 2.38 bits per heavy atom. The van der Waals surface area contributed by atoms with Crippen molar-refractivity contribution in [3.63, 3.8) is 0 Å². The molecule has 66 valence electrons. The van der Waals surface area contributed by atoms with E-state index in [-0.39, 0.29) is 0 Å². The molecular formula is C8H9N5. The second-order valence-corrected chi connectivity index (χ2v) is 2.62. The Morgan fingerprint density at radius 3 is 3.08 bits per heavy atom. The van der Waals surface area contributed by atoms with E-state index in [2.05, 4.69) is 32.5 Å². The van der Waals surface area contributed by atoms with Gasteiger partial charge < -0.3 is 0 Å². The van der Waals surface area contributed by atoms with Crippen LogP contribution >= 0.6 is 0 Å². The minimum Gasteiger partial charge on any atom is -0.261 e. The second-order valence-electron chi connectivity index (χ2n) is 2.62. The molecular weight excluding hydrogens is 166 g/mol. The van der Waals surface area contributed by atoms with Crippen molar-refractivity contribution < 1.29 is 0 Å². The standard InChI is InChI=1S/C8H9N5/c1-2-7-5-6(3-4-9-7)8-10-12-13-11-8/h3-5H,2H2,1H3,(H,10,11,12,13). The predicted molar refractivity (Wildman–Crippen MR) is 46.8 cm³/mol. The Bertz CT molecular complexity index is 381. The minimum atomic E-state index is 0.608. The minimum absolute atomic E-state index is 0.608. The fourth-order valence-electron chi connectivity index (χ4n) is 1.09. The van der Waals surface area contributed by atoms with Gasteiger partial charge in [-0.1, -0.05) is 6.92 Å². The highest BCUT2D eigenvalue weighted by Crippen LogP contribution is 2.12. The summed E-state index contributed by atoms with van der Waals surface area (Å²) in [5.74, 6) is 0.608. The molecule has 0 aliphatic heterocycles. The van der Waals surface area contributed by atoms with Crippen molar-refractivity contribution in [2.75, 3.05) is 0 Å². The average Bonchev–Trinajstić information content (AvgIpc) is 2.71. The van der Waals surface area contributed by atoms with E-state index in [1.54, 1.807) is 6.20 Å². The molecule has 13 heavy (non-hydrogen) atoms. The first-order valence-electron chi connectivity index (χ1n) is 4.09. The molecule has 0 aromatic carbocycles. The van der Waals surface area contributed by atoms with Gasteiger partial charge >= 0.3 is 0 Å². The lowest BCUT2D eigenvalue weighted by atomic mass is 10.2. The van der Waals surface area contributed by atoms with Gasteiger partial charge in [-0.25, -0.2) is 0 Å². The van der Waals surface area contributed by atoms with Gasteiger partial charge in [-0.05, 0) is 23.8 Å². The van der Waals surface area contributed by atoms with Crippen LogP contribution in [0.3, 0.4) is 0 Å². The Morgan fingerprint density at radius 1 is 1.46 bits per heavy atom. The first-order chi connectivity index (χ1) is 6.40. The van der Waals surface area contributed by atoms with Crippen molar-refractivity contribution in [2.24, 2.45) is 0 Å². The normalized spacial score (nSPS) is 10.2. The van der Waals surface area contributed by atoms with Crippen LogP contribution in [-0.4, -0.2) is 25.6 Å². The summed E-state index contributed by atoms with van der Waals surface area (Å²) in [4.78, 5) is 4.18. The van der Waals surface area contributed by atoms with Gasteiger partial charge in [-0.2, -0.15) is 5.21 Å². The maximum Gasteiger partial charge on any atom is 0.204 e. The van der Waals surface area contributed by atoms with Crippen molar-refractivity contribution in [1.82, 2.24) is 25.6 Å². The second kappa shape index (κ2) is 3.30. The number of hydrogen-bond acceptors (Lipinski definition) is 4. The molecule has 1 N–H and O–H groups in total. The maximum atomic E-state index is 4.18. The van der Waals surface area contributed by atoms with E-state index in [1.807, 2.05) is 12.1 Å². The number of H-pyrrole nitrogens is 1. The summed E-state index contributed by atoms with van der Waals surface area (Å²) in [7, 11) is 0. The number of pyridine rings is 1. The molecule has 0 unspecified atom stereocenters. The van der Waals surface area contributed by atoms with E-state index in [0.717, 1.165) is 17.7 Å². The Labute approximate surface area is 75.2 Å². The van der Waals surface area contributed by atoms with Crippen LogP contribution in [0.5, 0.6) is 0 Å². The summed E-state index contributed by atoms with van der Waals surface area (Å²) in [6, 6.07) is 3.83. The molecule has 0 amide bonds. The molecule has 0 saturated carbocycles. The monoisotopic (exact) mass is 175 g/mol. The number of nitrogens with zero attached hydrogens (tertiary/aromatic N) is 4. The summed E-state index contributed by atoms with van der Waals surface area (Å²) in [6.07, 6.45) is 2.66. The summed E-state index contributed by atoms with van der Waals surface area (Å²) in [6.45, 7) is 2.06. The smallest absolute Gasteiger partial charge is 0.204 e. The lowest BCUT2D eigenvalue weighted by Gasteiger charge is -1.96. The molecule has 2 aromatic heterocycles. The zero-order valence-corrected chi connectivity index (χ0v) is 7.23. The van der Waals surface area contributed by atoms with Crippen LogP contribution in [0.1, 0.15) is 12.6 Å². The molecule has 0 saturated heterocycles. The van der Waals surface area contributed by atoms with Crippen molar-refractivity contribution >= 4 is 0 Å². The fraction of sp³-hybridized carbons (Fsp3) is 0.250. The zero-order valence-electron chi connectivity index (χ0n) is 7.23. The third-order valence-corrected chi connectivity index (χ3v) is 1.78. The Hall–Kier alpha value is -1.78. The molecule has 0 bridgehead atoms. The molecule has 0 spiro atoms. The summed E-state index contributed by atoms with van der Waals surface area (Å²) >= 11 is 0. The number of nitrogens with one attached hydrogen (secondary N) is 1. The number of aryl methyl sites for hydroxylation is 1. The van der Waals surface area contributed by atoms with Gasteiger partial charge in [0.2, 0.25) is 5.82 Å². The van der Waals surface area contributed by atoms with Gasteiger partial charge in [0.25, 0.3) is 0 Å². The number of aromatic amines is 1. The highest BCUT2D eigenvalue weighted by Gasteiger charge is 2.02. The molecule has 2 aromatic rings. The average molecular weight is 175 g/mol. The van der Waals surface area contributed by atoms with Crippen LogP contribution < -0.4 is 0 Å². The van der Waals surface area contributed by atoms with E-state index in [4.69, 9.17) is 0 Å². The summed E-state index contributed by atoms with van der Waals surface area (Å²) < 4.78 is 0. The van der Waals surface area contributed by atoms with Crippen molar-refractivity contribution in [3.05, 3.63) is 24.0 Å². The van der Waals surface area contributed by atoms with E-state index >= 15 is 0 Å². The van der Waals surface area contributed by atoms with Crippen LogP contribution in [0.2, 0.25) is 0 Å². The zero-order chi connectivity index (χ0) is 9.10. The third-order valence-electron chi connectivity index (χ3n) is 1.78. The van der Waals surface area contributed by atoms with E-state index in [0.29, 0.717) is 5.82 Å². The fourth-order valence-corrected chi connectivity index (χ4v) is 1.09. The van der Waals surface area contributed by atoms with Crippen molar-refractivity contribution in [2.45, 2.75) is 13.3 Å². The first kappa shape index (κ1) is 7.85. The molecule has 0 radical (unpaired) electrons. The summed E-state index contributed by atoms with van der Waals surface area (Å²) in [5, 5.41) is 13.7. The molecule has 0 aliphatic carbocycles. The van der Waals surface area contributed by atoms with Crippen LogP contribution in [0, 0.1) is 0 Å². The predicted octanol–water partition coefficient (Wildman–Crippen LogP) is 0.824. The number of hydrogen-bond donors (Lipinski definition) is 1. The van der Waals surface area contributed by atoms with Gasteiger partial charge in [0.15, 0.2) is 0 Å². The molecule has 2 heterocycles. The third kappa shape index (κ3) is 1.53. The lowest BCUT2D eigenvalue weighted by Crippen LogP contribution is -1.88. The van der Waals surface area contributed by atoms with Crippen molar-refractivity contribution in [3.8, 4) is 11.4 Å². The van der Waals surface area contributed by atoms with Crippen LogP contribution in [0.15, 0.2) is 18.3 Å². The maximum absolute atomic E-state index is 4.18. The van der Waals surface area contributed by atoms with E-state index in [1.165, 1.54) is 0 Å². The molecule has 5 heteroatoms. The Kier molecular flexibility index (Phi) is 1.99. The van der Waals surface area contributed by atoms with Gasteiger partial charge in [-0.3, -0.25) is 4.98 Å². The molecule has 2 rings (SSSR count). The highest BCUT2D eigenvalue weighted by molar-refractivity contribution is 5.53. The molecule has 5 nitrogen and oxygen atoms in total. The molecule has 0 aliphatic rings. The summed E-state index contributed by atoms with van der Waals surface area (Å²) in [5.41, 5.74) is 1.97. The lowest BCUT2D eigenvalue weighted by molar-refractivity contribution is 0.881. The van der Waals surface area contributed by atoms with Gasteiger partial charge in [0.05, 0.1) is 0 Å². The van der Waals surface area contributed by atoms with Crippen molar-refractivity contribution in [1.29, 1.82) is 0 Å². The largest absolute Gasteiger partial charge is 0.261 e. The number of aromatic nitrogens is 5. The van der Waals surface area contributed by atoms with Gasteiger partial charge in [0, 0.05) is 17.5 Å². The quantitative estimate of drug-likeness (QED) is 0.733. The highest BCUT2D eigenvalue weighted by atomic mass is 15.5. The molecule has 0 atom stereocenters. The van der Waals surface area contributed by atoms with Gasteiger partial charge in [-0.15, -0.1) is 10.2 Å². The topological polar surface area (TPSA) is 67.3 Å².